The van der Waals surface area contributed by atoms with E-state index in [4.69, 9.17) is 16.7 Å². The van der Waals surface area contributed by atoms with Crippen LogP contribution < -0.4 is 4.72 Å². The third-order valence-corrected chi connectivity index (χ3v) is 6.15. The lowest BCUT2D eigenvalue weighted by Gasteiger charge is -2.32. The number of rotatable bonds is 7. The first-order valence-electron chi connectivity index (χ1n) is 8.05. The van der Waals surface area contributed by atoms with E-state index in [1.165, 1.54) is 4.90 Å². The highest BCUT2D eigenvalue weighted by molar-refractivity contribution is 7.90. The molecular weight excluding hydrogens is 368 g/mol. The number of halogens is 1. The highest BCUT2D eigenvalue weighted by Gasteiger charge is 2.32. The van der Waals surface area contributed by atoms with Crippen LogP contribution in [0.2, 0.25) is 5.02 Å². The summed E-state index contributed by atoms with van der Waals surface area (Å²) in [6.07, 6.45) is 1.19. The Balaban J connectivity index is 1.97. The number of carbonyl (C=O) groups excluding carboxylic acids is 1. The van der Waals surface area contributed by atoms with Crippen molar-refractivity contribution in [2.45, 2.75) is 30.9 Å². The Hall–Kier alpha value is -1.64. The van der Waals surface area contributed by atoms with E-state index in [-0.39, 0.29) is 31.8 Å². The minimum absolute atomic E-state index is 0.0768. The van der Waals surface area contributed by atoms with Crippen molar-refractivity contribution in [2.75, 3.05) is 19.6 Å². The topological polar surface area (TPSA) is 104 Å². The summed E-state index contributed by atoms with van der Waals surface area (Å²) >= 11 is 5.90. The molecular formula is C16H21ClN2O5S. The molecule has 0 aromatic heterocycles. The molecule has 0 aliphatic carbocycles. The minimum atomic E-state index is -3.60. The molecule has 1 aliphatic rings. The van der Waals surface area contributed by atoms with Crippen LogP contribution in [0.4, 0.5) is 0 Å². The van der Waals surface area contributed by atoms with Crippen molar-refractivity contribution >= 4 is 33.5 Å². The van der Waals surface area contributed by atoms with Crippen LogP contribution in [0.25, 0.3) is 0 Å². The second-order valence-electron chi connectivity index (χ2n) is 5.96. The molecule has 2 N–H and O–H groups in total. The van der Waals surface area contributed by atoms with E-state index in [1.54, 1.807) is 24.3 Å². The Bertz CT molecular complexity index is 738. The number of hydrogen-bond donors (Lipinski definition) is 2. The van der Waals surface area contributed by atoms with Crippen molar-refractivity contribution in [1.82, 2.24) is 9.62 Å². The summed E-state index contributed by atoms with van der Waals surface area (Å²) in [6.45, 7) is 0.684. The molecule has 1 unspecified atom stereocenters. The second kappa shape index (κ2) is 8.64. The predicted octanol–water partition coefficient (Wildman–Crippen LogP) is 1.73. The van der Waals surface area contributed by atoms with E-state index in [2.05, 4.69) is 4.72 Å². The third-order valence-electron chi connectivity index (χ3n) is 4.05. The fourth-order valence-electron chi connectivity index (χ4n) is 2.75. The maximum Gasteiger partial charge on any atom is 0.303 e. The van der Waals surface area contributed by atoms with Gasteiger partial charge in [-0.1, -0.05) is 17.7 Å². The Kier molecular flexibility index (Phi) is 6.80. The van der Waals surface area contributed by atoms with Crippen LogP contribution in [0.1, 0.15) is 36.0 Å². The van der Waals surface area contributed by atoms with Crippen molar-refractivity contribution in [3.63, 3.8) is 0 Å². The molecule has 2 rings (SSSR count). The van der Waals surface area contributed by atoms with Gasteiger partial charge in [0.1, 0.15) is 0 Å². The molecule has 1 aromatic rings. The zero-order valence-corrected chi connectivity index (χ0v) is 15.2. The average Bonchev–Trinajstić information content (AvgIpc) is 2.58. The lowest BCUT2D eigenvalue weighted by Crippen LogP contribution is -2.48. The number of nitrogens with one attached hydrogen (secondary N) is 1. The van der Waals surface area contributed by atoms with E-state index in [0.717, 1.165) is 0 Å². The van der Waals surface area contributed by atoms with Gasteiger partial charge in [-0.2, -0.15) is 0 Å². The second-order valence-corrected chi connectivity index (χ2v) is 8.44. The summed E-state index contributed by atoms with van der Waals surface area (Å²) in [6, 6.07) is 6.56. The number of sulfonamides is 1. The molecule has 1 amide bonds. The number of amides is 1. The zero-order valence-electron chi connectivity index (χ0n) is 13.7. The summed E-state index contributed by atoms with van der Waals surface area (Å²) in [7, 11) is -3.60. The SMILES string of the molecule is O=C(O)CCCNS(=O)(=O)C1CCCN(C(=O)c2cccc(Cl)c2)C1. The summed E-state index contributed by atoms with van der Waals surface area (Å²) in [4.78, 5) is 24.5. The van der Waals surface area contributed by atoms with Crippen molar-refractivity contribution in [1.29, 1.82) is 0 Å². The van der Waals surface area contributed by atoms with Gasteiger partial charge in [0.25, 0.3) is 5.91 Å². The number of carboxylic acids is 1. The Morgan fingerprint density at radius 1 is 1.36 bits per heavy atom. The molecule has 0 saturated carbocycles. The number of likely N-dealkylation sites (tertiary alicyclic amines) is 1. The van der Waals surface area contributed by atoms with Gasteiger partial charge in [-0.05, 0) is 37.5 Å². The number of carboxylic acid groups (broad SMARTS) is 1. The Morgan fingerprint density at radius 2 is 2.12 bits per heavy atom. The average molecular weight is 389 g/mol. The van der Waals surface area contributed by atoms with Gasteiger partial charge in [-0.15, -0.1) is 0 Å². The number of aliphatic carboxylic acids is 1. The maximum atomic E-state index is 12.5. The lowest BCUT2D eigenvalue weighted by molar-refractivity contribution is -0.137. The first-order valence-corrected chi connectivity index (χ1v) is 9.97. The molecule has 1 aliphatic heterocycles. The molecule has 138 valence electrons. The molecule has 0 spiro atoms. The maximum absolute atomic E-state index is 12.5. The molecule has 1 saturated heterocycles. The minimum Gasteiger partial charge on any atom is -0.481 e. The van der Waals surface area contributed by atoms with Crippen molar-refractivity contribution < 1.29 is 23.1 Å². The summed E-state index contributed by atoms with van der Waals surface area (Å²) in [5.74, 6) is -1.21. The number of carbonyl (C=O) groups is 2. The van der Waals surface area contributed by atoms with Gasteiger partial charge < -0.3 is 10.0 Å². The van der Waals surface area contributed by atoms with Gasteiger partial charge in [-0.3, -0.25) is 9.59 Å². The quantitative estimate of drug-likeness (QED) is 0.692. The molecule has 7 nitrogen and oxygen atoms in total. The normalized spacial score (nSPS) is 18.1. The van der Waals surface area contributed by atoms with Gasteiger partial charge in [0, 0.05) is 36.6 Å². The fraction of sp³-hybridized carbons (Fsp3) is 0.500. The van der Waals surface area contributed by atoms with Crippen molar-refractivity contribution in [3.05, 3.63) is 34.9 Å². The summed E-state index contributed by atoms with van der Waals surface area (Å²) < 4.78 is 27.2. The molecule has 1 fully saturated rings. The molecule has 0 bridgehead atoms. The molecule has 9 heteroatoms. The first kappa shape index (κ1) is 19.7. The van der Waals surface area contributed by atoms with Gasteiger partial charge in [0.05, 0.1) is 5.25 Å². The van der Waals surface area contributed by atoms with Crippen LogP contribution in [0.15, 0.2) is 24.3 Å². The van der Waals surface area contributed by atoms with Crippen LogP contribution in [-0.2, 0) is 14.8 Å². The molecule has 1 aromatic carbocycles. The summed E-state index contributed by atoms with van der Waals surface area (Å²) in [5.41, 5.74) is 0.431. The lowest BCUT2D eigenvalue weighted by atomic mass is 10.1. The highest BCUT2D eigenvalue weighted by atomic mass is 35.5. The van der Waals surface area contributed by atoms with Gasteiger partial charge in [0.15, 0.2) is 0 Å². The van der Waals surface area contributed by atoms with Gasteiger partial charge in [-0.25, -0.2) is 13.1 Å². The number of benzene rings is 1. The van der Waals surface area contributed by atoms with E-state index < -0.39 is 21.2 Å². The van der Waals surface area contributed by atoms with Crippen molar-refractivity contribution in [2.24, 2.45) is 0 Å². The van der Waals surface area contributed by atoms with Gasteiger partial charge >= 0.3 is 5.97 Å². The van der Waals surface area contributed by atoms with Crippen LogP contribution in [-0.4, -0.2) is 55.2 Å². The van der Waals surface area contributed by atoms with Crippen LogP contribution in [0.5, 0.6) is 0 Å². The van der Waals surface area contributed by atoms with E-state index in [1.807, 2.05) is 0 Å². The van der Waals surface area contributed by atoms with E-state index >= 15 is 0 Å². The summed E-state index contributed by atoms with van der Waals surface area (Å²) in [5, 5.41) is 8.34. The van der Waals surface area contributed by atoms with Crippen LogP contribution >= 0.6 is 11.6 Å². The van der Waals surface area contributed by atoms with E-state index in [0.29, 0.717) is 30.0 Å². The fourth-order valence-corrected chi connectivity index (χ4v) is 4.46. The number of hydrogen-bond acceptors (Lipinski definition) is 4. The highest BCUT2D eigenvalue weighted by Crippen LogP contribution is 2.20. The van der Waals surface area contributed by atoms with Crippen LogP contribution in [0, 0.1) is 0 Å². The Morgan fingerprint density at radius 3 is 2.80 bits per heavy atom. The largest absolute Gasteiger partial charge is 0.481 e. The molecule has 1 atom stereocenters. The van der Waals surface area contributed by atoms with E-state index in [9.17, 15) is 18.0 Å². The number of piperidine rings is 1. The van der Waals surface area contributed by atoms with Crippen LogP contribution in [0.3, 0.4) is 0 Å². The van der Waals surface area contributed by atoms with Gasteiger partial charge in [0.2, 0.25) is 10.0 Å². The van der Waals surface area contributed by atoms with Crippen molar-refractivity contribution in [3.8, 4) is 0 Å². The monoisotopic (exact) mass is 388 g/mol. The standard InChI is InChI=1S/C16H21ClN2O5S/c17-13-5-1-4-12(10-13)16(22)19-9-3-6-14(11-19)25(23,24)18-8-2-7-15(20)21/h1,4-5,10,14,18H,2-3,6-9,11H2,(H,20,21). The number of nitrogens with zero attached hydrogens (tertiary/aromatic N) is 1. The smallest absolute Gasteiger partial charge is 0.303 e. The molecule has 0 radical (unpaired) electrons. The zero-order chi connectivity index (χ0) is 18.4. The Labute approximate surface area is 152 Å². The predicted molar refractivity (Wildman–Crippen MR) is 94.2 cm³/mol. The third kappa shape index (κ3) is 5.69. The first-order chi connectivity index (χ1) is 11.8. The molecule has 25 heavy (non-hydrogen) atoms. The molecule has 1 heterocycles.